The highest BCUT2D eigenvalue weighted by molar-refractivity contribution is 5.27. The highest BCUT2D eigenvalue weighted by Crippen LogP contribution is 2.71. The van der Waals surface area contributed by atoms with Gasteiger partial charge in [0, 0.05) is 5.41 Å². The Labute approximate surface area is 135 Å². The van der Waals surface area contributed by atoms with E-state index >= 15 is 0 Å². The van der Waals surface area contributed by atoms with Crippen LogP contribution in [0.3, 0.4) is 0 Å². The van der Waals surface area contributed by atoms with Crippen molar-refractivity contribution in [2.24, 2.45) is 34.0 Å². The van der Waals surface area contributed by atoms with E-state index in [0.29, 0.717) is 17.8 Å². The first-order valence-corrected chi connectivity index (χ1v) is 9.28. The number of aliphatic hydroxyl groups excluding tert-OH is 2. The van der Waals surface area contributed by atoms with Gasteiger partial charge in [-0.25, -0.2) is 0 Å². The summed E-state index contributed by atoms with van der Waals surface area (Å²) in [6.07, 6.45) is 7.53. The molecule has 0 unspecified atom stereocenters. The van der Waals surface area contributed by atoms with Crippen LogP contribution in [0.5, 0.6) is 0 Å². The van der Waals surface area contributed by atoms with Gasteiger partial charge in [0.15, 0.2) is 0 Å². The van der Waals surface area contributed by atoms with Crippen LogP contribution in [-0.4, -0.2) is 22.4 Å². The number of rotatable bonds is 0. The van der Waals surface area contributed by atoms with E-state index in [9.17, 15) is 10.2 Å². The van der Waals surface area contributed by atoms with Gasteiger partial charge in [0.2, 0.25) is 0 Å². The third-order valence-corrected chi connectivity index (χ3v) is 8.75. The van der Waals surface area contributed by atoms with E-state index in [4.69, 9.17) is 0 Å². The van der Waals surface area contributed by atoms with Crippen molar-refractivity contribution < 1.29 is 10.2 Å². The van der Waals surface area contributed by atoms with Crippen molar-refractivity contribution >= 4 is 0 Å². The smallest absolute Gasteiger partial charge is 0.0809 e. The Morgan fingerprint density at radius 3 is 2.41 bits per heavy atom. The maximum absolute atomic E-state index is 11.0. The molecule has 2 bridgehead atoms. The van der Waals surface area contributed by atoms with E-state index in [1.54, 1.807) is 0 Å². The van der Waals surface area contributed by atoms with Gasteiger partial charge in [0.1, 0.15) is 0 Å². The summed E-state index contributed by atoms with van der Waals surface area (Å²) >= 11 is 0. The molecule has 1 spiro atoms. The van der Waals surface area contributed by atoms with E-state index in [-0.39, 0.29) is 28.5 Å². The number of hydrogen-bond donors (Lipinski definition) is 2. The second-order valence-electron chi connectivity index (χ2n) is 9.71. The van der Waals surface area contributed by atoms with Crippen molar-refractivity contribution in [2.75, 3.05) is 0 Å². The minimum Gasteiger partial charge on any atom is -0.393 e. The maximum Gasteiger partial charge on any atom is 0.0809 e. The second kappa shape index (κ2) is 4.39. The minimum atomic E-state index is -0.280. The van der Waals surface area contributed by atoms with Crippen LogP contribution in [0.4, 0.5) is 0 Å². The Morgan fingerprint density at radius 2 is 1.68 bits per heavy atom. The molecule has 2 nitrogen and oxygen atoms in total. The van der Waals surface area contributed by atoms with Crippen LogP contribution < -0.4 is 0 Å². The van der Waals surface area contributed by atoms with Crippen LogP contribution in [0.1, 0.15) is 65.7 Å². The monoisotopic (exact) mass is 304 g/mol. The Balaban J connectivity index is 1.77. The van der Waals surface area contributed by atoms with Crippen molar-refractivity contribution in [1.29, 1.82) is 0 Å². The number of fused-ring (bicyclic) bond motifs is 3. The highest BCUT2D eigenvalue weighted by Gasteiger charge is 2.66. The van der Waals surface area contributed by atoms with Gasteiger partial charge in [-0.1, -0.05) is 27.4 Å². The third-order valence-electron chi connectivity index (χ3n) is 8.75. The van der Waals surface area contributed by atoms with Gasteiger partial charge in [-0.05, 0) is 79.1 Å². The summed E-state index contributed by atoms with van der Waals surface area (Å²) in [6.45, 7) is 11.3. The lowest BCUT2D eigenvalue weighted by atomic mass is 9.40. The molecule has 4 saturated carbocycles. The highest BCUT2D eigenvalue weighted by atomic mass is 16.3. The van der Waals surface area contributed by atoms with Crippen LogP contribution in [0.25, 0.3) is 0 Å². The zero-order chi connectivity index (χ0) is 15.9. The normalized spacial score (nSPS) is 56.4. The van der Waals surface area contributed by atoms with Crippen LogP contribution >= 0.6 is 0 Å². The molecule has 0 saturated heterocycles. The third kappa shape index (κ3) is 1.59. The fourth-order valence-electron chi connectivity index (χ4n) is 7.58. The van der Waals surface area contributed by atoms with Gasteiger partial charge in [-0.3, -0.25) is 0 Å². The zero-order valence-electron chi connectivity index (χ0n) is 14.4. The molecule has 22 heavy (non-hydrogen) atoms. The lowest BCUT2D eigenvalue weighted by molar-refractivity contribution is -0.195. The first-order valence-electron chi connectivity index (χ1n) is 9.28. The molecule has 7 atom stereocenters. The number of hydrogen-bond acceptors (Lipinski definition) is 2. The van der Waals surface area contributed by atoms with Gasteiger partial charge in [-0.2, -0.15) is 0 Å². The molecule has 0 heterocycles. The lowest BCUT2D eigenvalue weighted by Gasteiger charge is -2.65. The fourth-order valence-corrected chi connectivity index (χ4v) is 7.58. The second-order valence-corrected chi connectivity index (χ2v) is 9.71. The molecule has 2 N–H and O–H groups in total. The van der Waals surface area contributed by atoms with Crippen molar-refractivity contribution in [1.82, 2.24) is 0 Å². The Kier molecular flexibility index (Phi) is 3.03. The van der Waals surface area contributed by atoms with Crippen molar-refractivity contribution in [3.05, 3.63) is 12.2 Å². The van der Waals surface area contributed by atoms with Crippen molar-refractivity contribution in [3.63, 3.8) is 0 Å². The van der Waals surface area contributed by atoms with Gasteiger partial charge < -0.3 is 10.2 Å². The van der Waals surface area contributed by atoms with Crippen LogP contribution in [0.2, 0.25) is 0 Å². The van der Waals surface area contributed by atoms with Crippen LogP contribution in [-0.2, 0) is 0 Å². The van der Waals surface area contributed by atoms with E-state index < -0.39 is 0 Å². The first-order chi connectivity index (χ1) is 10.2. The molecule has 4 aliphatic rings. The molecule has 4 aliphatic carbocycles. The Morgan fingerprint density at radius 1 is 0.955 bits per heavy atom. The van der Waals surface area contributed by atoms with Gasteiger partial charge in [-0.15, -0.1) is 0 Å². The van der Waals surface area contributed by atoms with Crippen LogP contribution in [0, 0.1) is 34.0 Å². The minimum absolute atomic E-state index is 0.00598. The summed E-state index contributed by atoms with van der Waals surface area (Å²) in [5.74, 6) is 1.75. The molecule has 2 heteroatoms. The molecule has 4 rings (SSSR count). The average molecular weight is 304 g/mol. The summed E-state index contributed by atoms with van der Waals surface area (Å²) in [4.78, 5) is 0. The number of aliphatic hydroxyl groups is 2. The van der Waals surface area contributed by atoms with E-state index in [0.717, 1.165) is 31.3 Å². The van der Waals surface area contributed by atoms with E-state index in [1.807, 2.05) is 0 Å². The molecule has 4 fully saturated rings. The summed E-state index contributed by atoms with van der Waals surface area (Å²) in [7, 11) is 0. The molecule has 0 radical (unpaired) electrons. The molecule has 0 aromatic rings. The summed E-state index contributed by atoms with van der Waals surface area (Å²) in [5, 5.41) is 21.5. The topological polar surface area (TPSA) is 40.5 Å². The summed E-state index contributed by atoms with van der Waals surface area (Å²) in [5.41, 5.74) is 1.51. The molecule has 0 amide bonds. The quantitative estimate of drug-likeness (QED) is 0.666. The van der Waals surface area contributed by atoms with Gasteiger partial charge >= 0.3 is 0 Å². The predicted molar refractivity (Wildman–Crippen MR) is 88.3 cm³/mol. The fraction of sp³-hybridized carbons (Fsp3) is 0.900. The standard InChI is InChI=1S/C20H32O2/c1-12-13-5-6-15-19(4)9-8-16(21)18(2,3)14(19)7-10-20(15,11-13)17(12)22/h13-17,21-22H,1,5-11H2,2-4H3/t13-,14-,15+,16-,17-,19-,20-/m1/s1. The Hall–Kier alpha value is -0.340. The molecular formula is C20H32O2. The van der Waals surface area contributed by atoms with Crippen molar-refractivity contribution in [2.45, 2.75) is 77.9 Å². The average Bonchev–Trinajstić information content (AvgIpc) is 2.65. The van der Waals surface area contributed by atoms with Crippen LogP contribution in [0.15, 0.2) is 12.2 Å². The first kappa shape index (κ1) is 15.2. The molecule has 0 aromatic heterocycles. The molecule has 124 valence electrons. The molecule has 0 aromatic carbocycles. The molecule has 0 aliphatic heterocycles. The van der Waals surface area contributed by atoms with E-state index in [1.165, 1.54) is 19.3 Å². The predicted octanol–water partition coefficient (Wildman–Crippen LogP) is 3.92. The van der Waals surface area contributed by atoms with Gasteiger partial charge in [0.05, 0.1) is 12.2 Å². The van der Waals surface area contributed by atoms with Crippen molar-refractivity contribution in [3.8, 4) is 0 Å². The Bertz CT molecular complexity index is 510. The van der Waals surface area contributed by atoms with E-state index in [2.05, 4.69) is 27.4 Å². The summed E-state index contributed by atoms with van der Waals surface area (Å²) < 4.78 is 0. The molecular weight excluding hydrogens is 272 g/mol. The SMILES string of the molecule is C=C1[C@@H]2CC[C@H]3[C@]4(C)CC[C@@H](O)C(C)(C)[C@H]4CC[C@]3(C2)[C@@H]1O. The maximum atomic E-state index is 11.0. The largest absolute Gasteiger partial charge is 0.393 e. The summed E-state index contributed by atoms with van der Waals surface area (Å²) in [6, 6.07) is 0. The van der Waals surface area contributed by atoms with Gasteiger partial charge in [0.25, 0.3) is 0 Å². The zero-order valence-corrected chi connectivity index (χ0v) is 14.4. The lowest BCUT2D eigenvalue weighted by Crippen LogP contribution is -2.61.